The zero-order chi connectivity index (χ0) is 14.0. The van der Waals surface area contributed by atoms with E-state index in [9.17, 15) is 9.18 Å². The molecule has 100 valence electrons. The molecule has 2 aromatic rings. The Morgan fingerprint density at radius 1 is 1.47 bits per heavy atom. The van der Waals surface area contributed by atoms with Crippen LogP contribution in [0.1, 0.15) is 40.7 Å². The summed E-state index contributed by atoms with van der Waals surface area (Å²) >= 11 is 6.74. The van der Waals surface area contributed by atoms with Crippen LogP contribution < -0.4 is 0 Å². The minimum atomic E-state index is -0.541. The van der Waals surface area contributed by atoms with Crippen molar-refractivity contribution < 1.29 is 9.18 Å². The maximum atomic E-state index is 13.8. The molecule has 0 aliphatic heterocycles. The van der Waals surface area contributed by atoms with Crippen molar-refractivity contribution in [2.45, 2.75) is 26.2 Å². The molecule has 1 aromatic heterocycles. The van der Waals surface area contributed by atoms with Crippen molar-refractivity contribution in [3.05, 3.63) is 45.2 Å². The molecule has 1 aromatic carbocycles. The Balaban J connectivity index is 2.26. The molecule has 0 unspecified atom stereocenters. The van der Waals surface area contributed by atoms with Gasteiger partial charge in [0, 0.05) is 6.42 Å². The first-order chi connectivity index (χ1) is 9.00. The van der Waals surface area contributed by atoms with Crippen LogP contribution in [-0.4, -0.2) is 15.4 Å². The number of aromatic nitrogens is 2. The first-order valence-electron chi connectivity index (χ1n) is 5.79. The van der Waals surface area contributed by atoms with Gasteiger partial charge in [0.15, 0.2) is 5.78 Å². The van der Waals surface area contributed by atoms with E-state index in [0.29, 0.717) is 16.1 Å². The normalized spacial score (nSPS) is 11.0. The Labute approximate surface area is 119 Å². The van der Waals surface area contributed by atoms with Gasteiger partial charge in [-0.05, 0) is 29.1 Å². The molecule has 0 saturated heterocycles. The molecule has 0 fully saturated rings. The zero-order valence-electron chi connectivity index (χ0n) is 10.5. The molecule has 0 aliphatic carbocycles. The Hall–Kier alpha value is -1.33. The summed E-state index contributed by atoms with van der Waals surface area (Å²) in [5.74, 6) is -0.608. The number of carbonyl (C=O) groups is 1. The van der Waals surface area contributed by atoms with Crippen molar-refractivity contribution in [1.82, 2.24) is 9.59 Å². The summed E-state index contributed by atoms with van der Waals surface area (Å²) in [6.07, 6.45) is -0.0318. The second kappa shape index (κ2) is 5.75. The Bertz CT molecular complexity index is 612. The lowest BCUT2D eigenvalue weighted by Gasteiger charge is -2.05. The highest BCUT2D eigenvalue weighted by Gasteiger charge is 2.20. The van der Waals surface area contributed by atoms with Crippen LogP contribution >= 0.6 is 23.1 Å². The zero-order valence-corrected chi connectivity index (χ0v) is 12.1. The molecule has 6 heteroatoms. The van der Waals surface area contributed by atoms with E-state index in [4.69, 9.17) is 11.6 Å². The van der Waals surface area contributed by atoms with Crippen LogP contribution in [0.5, 0.6) is 0 Å². The van der Waals surface area contributed by atoms with Crippen molar-refractivity contribution in [1.29, 1.82) is 0 Å². The molecule has 2 rings (SSSR count). The standard InChI is InChI=1S/C13H12ClFN2OS/c1-7(2)12-13(19-17-16-12)10(18)6-8-4-3-5-9(14)11(8)15/h3-5,7H,6H2,1-2H3. The molecule has 3 nitrogen and oxygen atoms in total. The maximum absolute atomic E-state index is 13.8. The number of ketones is 1. The van der Waals surface area contributed by atoms with E-state index in [2.05, 4.69) is 9.59 Å². The average molecular weight is 299 g/mol. The fourth-order valence-electron chi connectivity index (χ4n) is 1.71. The van der Waals surface area contributed by atoms with Crippen LogP contribution in [0.4, 0.5) is 4.39 Å². The quantitative estimate of drug-likeness (QED) is 0.805. The molecule has 19 heavy (non-hydrogen) atoms. The summed E-state index contributed by atoms with van der Waals surface area (Å²) in [5.41, 5.74) is 0.957. The summed E-state index contributed by atoms with van der Waals surface area (Å²) in [6.45, 7) is 3.88. The number of hydrogen-bond donors (Lipinski definition) is 0. The second-order valence-corrected chi connectivity index (χ2v) is 5.62. The van der Waals surface area contributed by atoms with Gasteiger partial charge in [-0.15, -0.1) is 5.10 Å². The predicted molar refractivity (Wildman–Crippen MR) is 73.4 cm³/mol. The first-order valence-corrected chi connectivity index (χ1v) is 6.94. The van der Waals surface area contributed by atoms with Crippen molar-refractivity contribution in [2.24, 2.45) is 0 Å². The van der Waals surface area contributed by atoms with Gasteiger partial charge in [0.05, 0.1) is 10.7 Å². The van der Waals surface area contributed by atoms with Gasteiger partial charge in [0.2, 0.25) is 0 Å². The van der Waals surface area contributed by atoms with Gasteiger partial charge >= 0.3 is 0 Å². The summed E-state index contributed by atoms with van der Waals surface area (Å²) in [4.78, 5) is 12.7. The summed E-state index contributed by atoms with van der Waals surface area (Å²) in [7, 11) is 0. The maximum Gasteiger partial charge on any atom is 0.180 e. The lowest BCUT2D eigenvalue weighted by molar-refractivity contribution is 0.0994. The van der Waals surface area contributed by atoms with E-state index in [1.807, 2.05) is 13.8 Å². The Morgan fingerprint density at radius 3 is 2.89 bits per heavy atom. The van der Waals surface area contributed by atoms with Crippen LogP contribution in [0.3, 0.4) is 0 Å². The van der Waals surface area contributed by atoms with Crippen LogP contribution in [0.2, 0.25) is 5.02 Å². The van der Waals surface area contributed by atoms with Crippen LogP contribution in [0.15, 0.2) is 18.2 Å². The number of benzene rings is 1. The third-order valence-electron chi connectivity index (χ3n) is 2.70. The van der Waals surface area contributed by atoms with E-state index in [-0.39, 0.29) is 23.1 Å². The molecule has 0 saturated carbocycles. The number of Topliss-reactive ketones (excluding diaryl/α,β-unsaturated/α-hetero) is 1. The Morgan fingerprint density at radius 2 is 2.21 bits per heavy atom. The molecule has 0 aliphatic rings. The van der Waals surface area contributed by atoms with Crippen LogP contribution in [0, 0.1) is 5.82 Å². The summed E-state index contributed by atoms with van der Waals surface area (Å²) < 4.78 is 17.5. The van der Waals surface area contributed by atoms with Gasteiger partial charge in [-0.3, -0.25) is 4.79 Å². The average Bonchev–Trinajstić information content (AvgIpc) is 2.84. The van der Waals surface area contributed by atoms with Gasteiger partial charge < -0.3 is 0 Å². The smallest absolute Gasteiger partial charge is 0.180 e. The second-order valence-electron chi connectivity index (χ2n) is 4.45. The van der Waals surface area contributed by atoms with Crippen molar-refractivity contribution in [3.63, 3.8) is 0 Å². The fourth-order valence-corrected chi connectivity index (χ4v) is 2.66. The number of hydrogen-bond acceptors (Lipinski definition) is 4. The fraction of sp³-hybridized carbons (Fsp3) is 0.308. The highest BCUT2D eigenvalue weighted by Crippen LogP contribution is 2.23. The Kier molecular flexibility index (Phi) is 4.27. The molecule has 1 heterocycles. The minimum absolute atomic E-state index is 0.0248. The molecule has 0 radical (unpaired) electrons. The molecule has 0 spiro atoms. The molecular weight excluding hydrogens is 287 g/mol. The van der Waals surface area contributed by atoms with Gasteiger partial charge in [0.1, 0.15) is 10.7 Å². The minimum Gasteiger partial charge on any atom is -0.293 e. The number of halogens is 2. The van der Waals surface area contributed by atoms with E-state index in [0.717, 1.165) is 11.5 Å². The molecule has 0 amide bonds. The third-order valence-corrected chi connectivity index (χ3v) is 3.77. The molecule has 0 bridgehead atoms. The largest absolute Gasteiger partial charge is 0.293 e. The van der Waals surface area contributed by atoms with E-state index in [1.54, 1.807) is 12.1 Å². The SMILES string of the molecule is CC(C)c1nnsc1C(=O)Cc1cccc(Cl)c1F. The monoisotopic (exact) mass is 298 g/mol. The van der Waals surface area contributed by atoms with Crippen molar-refractivity contribution in [3.8, 4) is 0 Å². The number of rotatable bonds is 4. The summed E-state index contributed by atoms with van der Waals surface area (Å²) in [5, 5.41) is 3.97. The topological polar surface area (TPSA) is 42.9 Å². The van der Waals surface area contributed by atoms with Gasteiger partial charge in [-0.25, -0.2) is 4.39 Å². The highest BCUT2D eigenvalue weighted by molar-refractivity contribution is 7.08. The third kappa shape index (κ3) is 2.98. The van der Waals surface area contributed by atoms with Gasteiger partial charge in [-0.1, -0.05) is 42.1 Å². The van der Waals surface area contributed by atoms with Gasteiger partial charge in [-0.2, -0.15) is 0 Å². The highest BCUT2D eigenvalue weighted by atomic mass is 35.5. The first kappa shape index (κ1) is 14.1. The summed E-state index contributed by atoms with van der Waals surface area (Å²) in [6, 6.07) is 4.64. The predicted octanol–water partition coefficient (Wildman–Crippen LogP) is 3.88. The molecular formula is C13H12ClFN2OS. The van der Waals surface area contributed by atoms with E-state index in [1.165, 1.54) is 6.07 Å². The van der Waals surface area contributed by atoms with Crippen molar-refractivity contribution in [2.75, 3.05) is 0 Å². The van der Waals surface area contributed by atoms with Crippen LogP contribution in [-0.2, 0) is 6.42 Å². The van der Waals surface area contributed by atoms with Crippen LogP contribution in [0.25, 0.3) is 0 Å². The number of carbonyl (C=O) groups excluding carboxylic acids is 1. The lowest BCUT2D eigenvalue weighted by Crippen LogP contribution is -2.07. The van der Waals surface area contributed by atoms with Crippen molar-refractivity contribution >= 4 is 28.9 Å². The lowest BCUT2D eigenvalue weighted by atomic mass is 10.0. The van der Waals surface area contributed by atoms with E-state index >= 15 is 0 Å². The van der Waals surface area contributed by atoms with Gasteiger partial charge in [0.25, 0.3) is 0 Å². The number of nitrogens with zero attached hydrogens (tertiary/aromatic N) is 2. The molecule has 0 atom stereocenters. The molecule has 0 N–H and O–H groups in total. The van der Waals surface area contributed by atoms with E-state index < -0.39 is 5.82 Å².